The van der Waals surface area contributed by atoms with Crippen LogP contribution in [0.5, 0.6) is 0 Å². The molecule has 0 heterocycles. The Labute approximate surface area is 167 Å². The first-order valence-electron chi connectivity index (χ1n) is 6.67. The molecule has 0 aliphatic heterocycles. The molecular formula is C14H14Br4O5. The van der Waals surface area contributed by atoms with Crippen molar-refractivity contribution in [2.24, 2.45) is 0 Å². The quantitative estimate of drug-likeness (QED) is 0.216. The lowest BCUT2D eigenvalue weighted by molar-refractivity contribution is 0.0408. The monoisotopic (exact) mass is 578 g/mol. The van der Waals surface area contributed by atoms with Crippen LogP contribution in [0.3, 0.4) is 0 Å². The fourth-order valence-electron chi connectivity index (χ4n) is 1.61. The number of benzene rings is 1. The van der Waals surface area contributed by atoms with Gasteiger partial charge >= 0.3 is 11.9 Å². The molecule has 0 fully saturated rings. The molecule has 5 nitrogen and oxygen atoms in total. The highest BCUT2D eigenvalue weighted by Crippen LogP contribution is 2.42. The van der Waals surface area contributed by atoms with Crippen molar-refractivity contribution in [3.8, 4) is 0 Å². The number of aliphatic hydroxyl groups excluding tert-OH is 1. The molecule has 128 valence electrons. The summed E-state index contributed by atoms with van der Waals surface area (Å²) in [7, 11) is 0. The third-order valence-corrected chi connectivity index (χ3v) is 7.50. The highest BCUT2D eigenvalue weighted by atomic mass is 79.9. The SMILES string of the molecule is CCCCOC(=O)c1c(Br)c(Br)c(Br)c(Br)c1C(=O)OCCO. The normalized spacial score (nSPS) is 10.5. The molecule has 1 aromatic rings. The third kappa shape index (κ3) is 5.26. The maximum Gasteiger partial charge on any atom is 0.340 e. The van der Waals surface area contributed by atoms with Crippen molar-refractivity contribution in [3.63, 3.8) is 0 Å². The Bertz CT molecular complexity index is 604. The first kappa shape index (κ1) is 21.1. The average Bonchev–Trinajstić information content (AvgIpc) is 2.53. The van der Waals surface area contributed by atoms with Gasteiger partial charge in [0.25, 0.3) is 0 Å². The molecule has 0 saturated heterocycles. The van der Waals surface area contributed by atoms with Gasteiger partial charge in [0.2, 0.25) is 0 Å². The highest BCUT2D eigenvalue weighted by Gasteiger charge is 2.29. The third-order valence-electron chi connectivity index (χ3n) is 2.73. The number of ether oxygens (including phenoxy) is 2. The van der Waals surface area contributed by atoms with Crippen LogP contribution in [0, 0.1) is 0 Å². The number of rotatable bonds is 7. The number of hydrogen-bond donors (Lipinski definition) is 1. The number of unbranched alkanes of at least 4 members (excludes halogenated alkanes) is 1. The smallest absolute Gasteiger partial charge is 0.340 e. The lowest BCUT2D eigenvalue weighted by Crippen LogP contribution is -2.18. The van der Waals surface area contributed by atoms with Gasteiger partial charge in [0.05, 0.1) is 24.3 Å². The van der Waals surface area contributed by atoms with Crippen molar-refractivity contribution in [2.75, 3.05) is 19.8 Å². The Morgan fingerprint density at radius 1 is 0.870 bits per heavy atom. The molecular weight excluding hydrogens is 568 g/mol. The standard InChI is InChI=1S/C14H14Br4O5/c1-2-3-5-22-13(20)7-8(14(21)23-6-4-19)10(16)12(18)11(17)9(7)15/h19H,2-6H2,1H3. The summed E-state index contributed by atoms with van der Waals surface area (Å²) < 4.78 is 12.0. The fraction of sp³-hybridized carbons (Fsp3) is 0.429. The summed E-state index contributed by atoms with van der Waals surface area (Å²) in [6.45, 7) is 1.77. The summed E-state index contributed by atoms with van der Waals surface area (Å²) in [5, 5.41) is 8.80. The van der Waals surface area contributed by atoms with E-state index in [4.69, 9.17) is 14.6 Å². The lowest BCUT2D eigenvalue weighted by atomic mass is 10.1. The maximum absolute atomic E-state index is 12.4. The van der Waals surface area contributed by atoms with Gasteiger partial charge < -0.3 is 14.6 Å². The fourth-order valence-corrected chi connectivity index (χ4v) is 4.05. The van der Waals surface area contributed by atoms with Crippen LogP contribution >= 0.6 is 63.7 Å². The van der Waals surface area contributed by atoms with E-state index in [1.165, 1.54) is 0 Å². The highest BCUT2D eigenvalue weighted by molar-refractivity contribution is 9.15. The zero-order valence-electron chi connectivity index (χ0n) is 12.1. The molecule has 0 spiro atoms. The van der Waals surface area contributed by atoms with Crippen molar-refractivity contribution in [3.05, 3.63) is 29.0 Å². The van der Waals surface area contributed by atoms with E-state index in [0.29, 0.717) is 17.9 Å². The van der Waals surface area contributed by atoms with E-state index in [9.17, 15) is 9.59 Å². The average molecular weight is 582 g/mol. The summed E-state index contributed by atoms with van der Waals surface area (Å²) in [5.74, 6) is -1.36. The summed E-state index contributed by atoms with van der Waals surface area (Å²) >= 11 is 13.3. The molecule has 1 aromatic carbocycles. The molecule has 1 N–H and O–H groups in total. The van der Waals surface area contributed by atoms with Gasteiger partial charge in [-0.3, -0.25) is 0 Å². The van der Waals surface area contributed by atoms with Crippen LogP contribution in [-0.2, 0) is 9.47 Å². The molecule has 0 amide bonds. The van der Waals surface area contributed by atoms with Crippen LogP contribution in [0.1, 0.15) is 40.5 Å². The van der Waals surface area contributed by atoms with E-state index >= 15 is 0 Å². The number of aliphatic hydroxyl groups is 1. The summed E-state index contributed by atoms with van der Waals surface area (Å²) in [5.41, 5.74) is 0.0906. The van der Waals surface area contributed by atoms with Crippen molar-refractivity contribution >= 4 is 75.7 Å². The largest absolute Gasteiger partial charge is 0.462 e. The van der Waals surface area contributed by atoms with Crippen LogP contribution in [0.25, 0.3) is 0 Å². The molecule has 0 unspecified atom stereocenters. The number of esters is 2. The van der Waals surface area contributed by atoms with Gasteiger partial charge in [0.1, 0.15) is 6.61 Å². The van der Waals surface area contributed by atoms with Crippen LogP contribution in [-0.4, -0.2) is 36.9 Å². The lowest BCUT2D eigenvalue weighted by Gasteiger charge is -2.15. The van der Waals surface area contributed by atoms with Gasteiger partial charge in [-0.1, -0.05) is 13.3 Å². The molecule has 0 atom stereocenters. The summed E-state index contributed by atoms with van der Waals surface area (Å²) in [4.78, 5) is 24.7. The second kappa shape index (κ2) is 10.1. The zero-order valence-corrected chi connectivity index (χ0v) is 18.5. The molecule has 23 heavy (non-hydrogen) atoms. The molecule has 0 saturated carbocycles. The second-order valence-corrected chi connectivity index (χ2v) is 7.53. The van der Waals surface area contributed by atoms with Crippen molar-refractivity contribution < 1.29 is 24.2 Å². The van der Waals surface area contributed by atoms with E-state index in [-0.39, 0.29) is 30.9 Å². The first-order chi connectivity index (χ1) is 10.9. The number of carbonyl (C=O) groups is 2. The predicted octanol–water partition coefficient (Wildman–Crippen LogP) is 4.84. The van der Waals surface area contributed by atoms with Crippen LogP contribution in [0.15, 0.2) is 17.9 Å². The molecule has 9 heteroatoms. The number of carbonyl (C=O) groups excluding carboxylic acids is 2. The Hall–Kier alpha value is 0.0400. The molecule has 0 radical (unpaired) electrons. The first-order valence-corrected chi connectivity index (χ1v) is 9.85. The van der Waals surface area contributed by atoms with Gasteiger partial charge in [0, 0.05) is 17.9 Å². The summed E-state index contributed by atoms with van der Waals surface area (Å²) in [6, 6.07) is 0. The molecule has 0 aromatic heterocycles. The Morgan fingerprint density at radius 3 is 1.70 bits per heavy atom. The van der Waals surface area contributed by atoms with Gasteiger partial charge in [-0.2, -0.15) is 0 Å². The molecule has 1 rings (SSSR count). The van der Waals surface area contributed by atoms with E-state index in [2.05, 4.69) is 63.7 Å². The number of halogens is 4. The van der Waals surface area contributed by atoms with Crippen molar-refractivity contribution in [1.29, 1.82) is 0 Å². The zero-order chi connectivity index (χ0) is 17.6. The van der Waals surface area contributed by atoms with E-state index in [0.717, 1.165) is 12.8 Å². The number of hydrogen-bond acceptors (Lipinski definition) is 5. The minimum atomic E-state index is -0.734. The van der Waals surface area contributed by atoms with Gasteiger partial charge in [-0.25, -0.2) is 9.59 Å². The Morgan fingerprint density at radius 2 is 1.30 bits per heavy atom. The minimum Gasteiger partial charge on any atom is -0.462 e. The maximum atomic E-state index is 12.4. The Balaban J connectivity index is 3.35. The van der Waals surface area contributed by atoms with Gasteiger partial charge in [-0.05, 0) is 70.1 Å². The van der Waals surface area contributed by atoms with Crippen molar-refractivity contribution in [2.45, 2.75) is 19.8 Å². The van der Waals surface area contributed by atoms with E-state index < -0.39 is 11.9 Å². The van der Waals surface area contributed by atoms with Crippen LogP contribution in [0.2, 0.25) is 0 Å². The molecule has 0 bridgehead atoms. The Kier molecular flexibility index (Phi) is 9.28. The molecule has 0 aliphatic rings. The van der Waals surface area contributed by atoms with Gasteiger partial charge in [-0.15, -0.1) is 0 Å². The summed E-state index contributed by atoms with van der Waals surface area (Å²) in [6.07, 6.45) is 1.61. The van der Waals surface area contributed by atoms with Crippen LogP contribution in [0.4, 0.5) is 0 Å². The van der Waals surface area contributed by atoms with E-state index in [1.54, 1.807) is 0 Å². The van der Waals surface area contributed by atoms with Crippen molar-refractivity contribution in [1.82, 2.24) is 0 Å². The van der Waals surface area contributed by atoms with E-state index in [1.807, 2.05) is 6.92 Å². The van der Waals surface area contributed by atoms with Gasteiger partial charge in [0.15, 0.2) is 0 Å². The second-order valence-electron chi connectivity index (χ2n) is 4.35. The predicted molar refractivity (Wildman–Crippen MR) is 99.8 cm³/mol. The van der Waals surface area contributed by atoms with Crippen LogP contribution < -0.4 is 0 Å². The minimum absolute atomic E-state index is 0.0295. The topological polar surface area (TPSA) is 72.8 Å². The molecule has 0 aliphatic carbocycles.